The molecule has 0 saturated heterocycles. The molecule has 2 aromatic rings. The first kappa shape index (κ1) is 12.3. The van der Waals surface area contributed by atoms with Gasteiger partial charge in [-0.1, -0.05) is 18.2 Å². The number of amides is 1. The number of hydrogen-bond acceptors (Lipinski definition) is 4. The van der Waals surface area contributed by atoms with Crippen molar-refractivity contribution in [3.63, 3.8) is 0 Å². The molecule has 0 atom stereocenters. The van der Waals surface area contributed by atoms with Gasteiger partial charge in [0.15, 0.2) is 0 Å². The molecule has 1 aliphatic rings. The molecule has 0 saturated carbocycles. The summed E-state index contributed by atoms with van der Waals surface area (Å²) in [4.78, 5) is 14.8. The van der Waals surface area contributed by atoms with Gasteiger partial charge in [0.05, 0.1) is 0 Å². The molecule has 1 aromatic carbocycles. The Kier molecular flexibility index (Phi) is 3.12. The van der Waals surface area contributed by atoms with Crippen LogP contribution in [-0.4, -0.2) is 23.4 Å². The molecule has 1 N–H and O–H groups in total. The third-order valence-corrected chi connectivity index (χ3v) is 2.90. The minimum absolute atomic E-state index is 0.0253. The Morgan fingerprint density at radius 2 is 2.15 bits per heavy atom. The maximum atomic E-state index is 14.2. The van der Waals surface area contributed by atoms with E-state index < -0.39 is 6.09 Å². The second kappa shape index (κ2) is 5.08. The number of benzene rings is 1. The summed E-state index contributed by atoms with van der Waals surface area (Å²) in [6, 6.07) is 8.28. The normalized spacial score (nSPS) is 14.2. The quantitative estimate of drug-likeness (QED) is 0.911. The van der Waals surface area contributed by atoms with Crippen molar-refractivity contribution in [2.75, 3.05) is 6.61 Å². The molecule has 1 aromatic heterocycles. The lowest BCUT2D eigenvalue weighted by Gasteiger charge is -2.13. The first-order valence-electron chi connectivity index (χ1n) is 5.94. The van der Waals surface area contributed by atoms with Crippen LogP contribution in [-0.2, 0) is 4.74 Å². The van der Waals surface area contributed by atoms with Crippen molar-refractivity contribution < 1.29 is 13.9 Å². The highest BCUT2D eigenvalue weighted by atomic mass is 19.1. The second-order valence-electron chi connectivity index (χ2n) is 4.18. The fourth-order valence-electron chi connectivity index (χ4n) is 1.91. The molecule has 1 aliphatic heterocycles. The van der Waals surface area contributed by atoms with Gasteiger partial charge in [-0.2, -0.15) is 5.10 Å². The number of halogens is 1. The van der Waals surface area contributed by atoms with Crippen molar-refractivity contribution in [1.82, 2.24) is 10.4 Å². The Morgan fingerprint density at radius 1 is 1.25 bits per heavy atom. The van der Waals surface area contributed by atoms with E-state index in [1.54, 1.807) is 36.7 Å². The largest absolute Gasteiger partial charge is 0.442 e. The Bertz CT molecular complexity index is 686. The molecule has 2 heterocycles. The van der Waals surface area contributed by atoms with E-state index in [4.69, 9.17) is 4.74 Å². The zero-order chi connectivity index (χ0) is 13.9. The molecule has 20 heavy (non-hydrogen) atoms. The number of rotatable bonds is 2. The summed E-state index contributed by atoms with van der Waals surface area (Å²) < 4.78 is 18.9. The average Bonchev–Trinajstić information content (AvgIpc) is 2.49. The van der Waals surface area contributed by atoms with Crippen molar-refractivity contribution >= 4 is 11.8 Å². The number of aromatic nitrogens is 1. The van der Waals surface area contributed by atoms with Crippen LogP contribution in [0.3, 0.4) is 0 Å². The number of nitrogens with zero attached hydrogens (tertiary/aromatic N) is 2. The highest BCUT2D eigenvalue weighted by Gasteiger charge is 2.15. The fourth-order valence-corrected chi connectivity index (χ4v) is 1.91. The van der Waals surface area contributed by atoms with E-state index in [0.29, 0.717) is 22.4 Å². The Hall–Kier alpha value is -2.76. The fraction of sp³-hybridized carbons (Fsp3) is 0.0714. The van der Waals surface area contributed by atoms with E-state index in [2.05, 4.69) is 15.5 Å². The summed E-state index contributed by atoms with van der Waals surface area (Å²) in [6.07, 6.45) is 2.62. The molecule has 1 amide bonds. The SMILES string of the molecule is O=C1NN=C(c2ccc(-c3cccnc3)c(F)c2)CO1. The van der Waals surface area contributed by atoms with Crippen LogP contribution < -0.4 is 5.43 Å². The van der Waals surface area contributed by atoms with Crippen LogP contribution in [0.15, 0.2) is 47.8 Å². The molecule has 5 nitrogen and oxygen atoms in total. The van der Waals surface area contributed by atoms with Crippen LogP contribution >= 0.6 is 0 Å². The predicted octanol–water partition coefficient (Wildman–Crippen LogP) is 2.33. The molecule has 0 bridgehead atoms. The van der Waals surface area contributed by atoms with Crippen LogP contribution in [0.2, 0.25) is 0 Å². The van der Waals surface area contributed by atoms with Crippen LogP contribution in [0.1, 0.15) is 5.56 Å². The summed E-state index contributed by atoms with van der Waals surface area (Å²) in [5.41, 5.74) is 4.39. The van der Waals surface area contributed by atoms with Gasteiger partial charge >= 0.3 is 6.09 Å². The molecular weight excluding hydrogens is 261 g/mol. The van der Waals surface area contributed by atoms with E-state index in [9.17, 15) is 9.18 Å². The monoisotopic (exact) mass is 271 g/mol. The highest BCUT2D eigenvalue weighted by molar-refractivity contribution is 6.03. The summed E-state index contributed by atoms with van der Waals surface area (Å²) in [5.74, 6) is -0.380. The molecule has 100 valence electrons. The van der Waals surface area contributed by atoms with Crippen LogP contribution in [0.25, 0.3) is 11.1 Å². The van der Waals surface area contributed by atoms with Crippen molar-refractivity contribution in [3.8, 4) is 11.1 Å². The smallest absolute Gasteiger partial charge is 0.428 e. The second-order valence-corrected chi connectivity index (χ2v) is 4.18. The first-order valence-corrected chi connectivity index (χ1v) is 5.94. The predicted molar refractivity (Wildman–Crippen MR) is 70.7 cm³/mol. The minimum Gasteiger partial charge on any atom is -0.442 e. The average molecular weight is 271 g/mol. The zero-order valence-corrected chi connectivity index (χ0v) is 10.3. The first-order chi connectivity index (χ1) is 9.74. The third-order valence-electron chi connectivity index (χ3n) is 2.90. The molecular formula is C14H10FN3O2. The van der Waals surface area contributed by atoms with Gasteiger partial charge in [-0.25, -0.2) is 14.6 Å². The standard InChI is InChI=1S/C14H10FN3O2/c15-12-6-9(13-8-20-14(19)18-17-13)3-4-11(12)10-2-1-5-16-7-10/h1-7H,8H2,(H,18,19). The molecule has 0 unspecified atom stereocenters. The summed E-state index contributed by atoms with van der Waals surface area (Å²) >= 11 is 0. The number of carbonyl (C=O) groups is 1. The number of carbonyl (C=O) groups excluding carboxylic acids is 1. The van der Waals surface area contributed by atoms with Crippen molar-refractivity contribution in [2.24, 2.45) is 5.10 Å². The number of hydrogen-bond donors (Lipinski definition) is 1. The highest BCUT2D eigenvalue weighted by Crippen LogP contribution is 2.23. The molecule has 0 fully saturated rings. The number of nitrogens with one attached hydrogen (secondary N) is 1. The van der Waals surface area contributed by atoms with Crippen LogP contribution in [0.5, 0.6) is 0 Å². The summed E-state index contributed by atoms with van der Waals surface area (Å²) in [7, 11) is 0. The molecule has 3 rings (SSSR count). The van der Waals surface area contributed by atoms with E-state index >= 15 is 0 Å². The lowest BCUT2D eigenvalue weighted by atomic mass is 10.0. The van der Waals surface area contributed by atoms with E-state index in [0.717, 1.165) is 0 Å². The van der Waals surface area contributed by atoms with Gasteiger partial charge in [0.1, 0.15) is 18.1 Å². The van der Waals surface area contributed by atoms with Gasteiger partial charge < -0.3 is 4.74 Å². The number of hydrazone groups is 1. The van der Waals surface area contributed by atoms with Crippen LogP contribution in [0.4, 0.5) is 9.18 Å². The maximum absolute atomic E-state index is 14.2. The Labute approximate surface area is 114 Å². The van der Waals surface area contributed by atoms with Crippen molar-refractivity contribution in [3.05, 3.63) is 54.1 Å². The molecule has 0 aliphatic carbocycles. The van der Waals surface area contributed by atoms with Gasteiger partial charge in [-0.3, -0.25) is 4.98 Å². The van der Waals surface area contributed by atoms with Crippen LogP contribution in [0, 0.1) is 5.82 Å². The van der Waals surface area contributed by atoms with E-state index in [1.165, 1.54) is 6.07 Å². The van der Waals surface area contributed by atoms with Crippen molar-refractivity contribution in [2.45, 2.75) is 0 Å². The number of ether oxygens (including phenoxy) is 1. The lowest BCUT2D eigenvalue weighted by molar-refractivity contribution is 0.157. The minimum atomic E-state index is -0.610. The molecule has 6 heteroatoms. The number of cyclic esters (lactones) is 1. The van der Waals surface area contributed by atoms with E-state index in [1.807, 2.05) is 0 Å². The summed E-state index contributed by atoms with van der Waals surface area (Å²) in [6.45, 7) is 0.0253. The zero-order valence-electron chi connectivity index (χ0n) is 10.3. The molecule has 0 radical (unpaired) electrons. The van der Waals surface area contributed by atoms with Gasteiger partial charge in [0.25, 0.3) is 0 Å². The van der Waals surface area contributed by atoms with Gasteiger partial charge in [-0.05, 0) is 12.1 Å². The molecule has 0 spiro atoms. The number of pyridine rings is 1. The Balaban J connectivity index is 1.94. The van der Waals surface area contributed by atoms with Gasteiger partial charge in [-0.15, -0.1) is 0 Å². The maximum Gasteiger partial charge on any atom is 0.428 e. The lowest BCUT2D eigenvalue weighted by Crippen LogP contribution is -2.30. The third kappa shape index (κ3) is 2.35. The topological polar surface area (TPSA) is 63.6 Å². The van der Waals surface area contributed by atoms with E-state index in [-0.39, 0.29) is 12.4 Å². The Morgan fingerprint density at radius 3 is 2.80 bits per heavy atom. The summed E-state index contributed by atoms with van der Waals surface area (Å²) in [5, 5.41) is 3.84. The van der Waals surface area contributed by atoms with Crippen molar-refractivity contribution in [1.29, 1.82) is 0 Å². The van der Waals surface area contributed by atoms with Gasteiger partial charge in [0.2, 0.25) is 0 Å². The van der Waals surface area contributed by atoms with Gasteiger partial charge in [0, 0.05) is 29.1 Å².